The van der Waals surface area contributed by atoms with E-state index in [1.807, 2.05) is 43.3 Å². The molecule has 0 amide bonds. The van der Waals surface area contributed by atoms with E-state index in [0.717, 1.165) is 11.4 Å². The molecule has 0 saturated heterocycles. The zero-order chi connectivity index (χ0) is 12.3. The smallest absolute Gasteiger partial charge is 0.173 e. The summed E-state index contributed by atoms with van der Waals surface area (Å²) < 4.78 is 0. The van der Waals surface area contributed by atoms with Crippen LogP contribution in [-0.2, 0) is 0 Å². The van der Waals surface area contributed by atoms with Crippen molar-refractivity contribution in [2.45, 2.75) is 0 Å². The Kier molecular flexibility index (Phi) is 3.09. The highest BCUT2D eigenvalue weighted by Gasteiger charge is 2.02. The minimum Gasteiger partial charge on any atom is -0.381 e. The molecule has 0 aliphatic heterocycles. The van der Waals surface area contributed by atoms with Crippen LogP contribution >= 0.6 is 0 Å². The van der Waals surface area contributed by atoms with E-state index in [4.69, 9.17) is 5.73 Å². The molecule has 17 heavy (non-hydrogen) atoms. The molecule has 1 aromatic heterocycles. The van der Waals surface area contributed by atoms with E-state index in [-0.39, 0.29) is 0 Å². The Morgan fingerprint density at radius 1 is 1.18 bits per heavy atom. The Morgan fingerprint density at radius 2 is 1.94 bits per heavy atom. The van der Waals surface area contributed by atoms with Gasteiger partial charge in [0.05, 0.1) is 0 Å². The van der Waals surface area contributed by atoms with Gasteiger partial charge in [0.15, 0.2) is 11.6 Å². The summed E-state index contributed by atoms with van der Waals surface area (Å²) in [6, 6.07) is 7.99. The van der Waals surface area contributed by atoms with Crippen molar-refractivity contribution in [2.75, 3.05) is 30.0 Å². The molecule has 2 rings (SSSR count). The van der Waals surface area contributed by atoms with Crippen molar-refractivity contribution in [1.82, 2.24) is 9.97 Å². The summed E-state index contributed by atoms with van der Waals surface area (Å²) in [6.07, 6.45) is 3.17. The van der Waals surface area contributed by atoms with Gasteiger partial charge >= 0.3 is 0 Å². The summed E-state index contributed by atoms with van der Waals surface area (Å²) in [5.41, 5.74) is 7.76. The minimum atomic E-state index is 0.391. The summed E-state index contributed by atoms with van der Waals surface area (Å²) >= 11 is 0. The fourth-order valence-electron chi connectivity index (χ4n) is 1.44. The molecule has 2 aromatic rings. The molecule has 0 unspecified atom stereocenters. The molecule has 0 bridgehead atoms. The van der Waals surface area contributed by atoms with Crippen LogP contribution < -0.4 is 16.0 Å². The maximum absolute atomic E-state index is 5.72. The number of nitrogen functional groups attached to an aromatic ring is 1. The molecular formula is C12H15N5. The highest BCUT2D eigenvalue weighted by molar-refractivity contribution is 5.68. The Balaban J connectivity index is 2.25. The van der Waals surface area contributed by atoms with E-state index < -0.39 is 0 Å². The average Bonchev–Trinajstić information content (AvgIpc) is 2.32. The first-order valence-electron chi connectivity index (χ1n) is 5.28. The van der Waals surface area contributed by atoms with Gasteiger partial charge < -0.3 is 16.0 Å². The van der Waals surface area contributed by atoms with Gasteiger partial charge in [-0.25, -0.2) is 9.97 Å². The second-order valence-corrected chi connectivity index (χ2v) is 3.86. The molecule has 0 radical (unpaired) electrons. The quantitative estimate of drug-likeness (QED) is 0.841. The molecule has 0 atom stereocenters. The molecule has 5 heteroatoms. The Labute approximate surface area is 100 Å². The average molecular weight is 229 g/mol. The maximum Gasteiger partial charge on any atom is 0.173 e. The summed E-state index contributed by atoms with van der Waals surface area (Å²) in [6.45, 7) is 0. The Bertz CT molecular complexity index is 510. The third kappa shape index (κ3) is 2.63. The van der Waals surface area contributed by atoms with Gasteiger partial charge in [-0.3, -0.25) is 0 Å². The van der Waals surface area contributed by atoms with E-state index in [1.165, 1.54) is 0 Å². The van der Waals surface area contributed by atoms with Crippen LogP contribution in [-0.4, -0.2) is 24.1 Å². The van der Waals surface area contributed by atoms with Crippen LogP contribution in [0.5, 0.6) is 0 Å². The van der Waals surface area contributed by atoms with Crippen LogP contribution in [0.25, 0.3) is 0 Å². The van der Waals surface area contributed by atoms with E-state index in [2.05, 4.69) is 15.3 Å². The van der Waals surface area contributed by atoms with Crippen molar-refractivity contribution in [3.05, 3.63) is 36.7 Å². The molecule has 0 fully saturated rings. The maximum atomic E-state index is 5.72. The largest absolute Gasteiger partial charge is 0.381 e. The second-order valence-electron chi connectivity index (χ2n) is 3.86. The van der Waals surface area contributed by atoms with E-state index >= 15 is 0 Å². The SMILES string of the molecule is CN(C)c1cccc(Nc2nccnc2N)c1. The lowest BCUT2D eigenvalue weighted by molar-refractivity contribution is 1.13. The van der Waals surface area contributed by atoms with Crippen molar-refractivity contribution < 1.29 is 0 Å². The van der Waals surface area contributed by atoms with Crippen molar-refractivity contribution >= 4 is 23.0 Å². The molecule has 0 aliphatic carbocycles. The first-order chi connectivity index (χ1) is 8.16. The molecule has 5 nitrogen and oxygen atoms in total. The Hall–Kier alpha value is -2.30. The fourth-order valence-corrected chi connectivity index (χ4v) is 1.44. The predicted octanol–water partition coefficient (Wildman–Crippen LogP) is 1.87. The monoisotopic (exact) mass is 229 g/mol. The van der Waals surface area contributed by atoms with Crippen molar-refractivity contribution in [3.8, 4) is 0 Å². The molecule has 1 heterocycles. The lowest BCUT2D eigenvalue weighted by Gasteiger charge is -2.14. The number of nitrogens with one attached hydrogen (secondary N) is 1. The first kappa shape index (κ1) is 11.2. The number of aromatic nitrogens is 2. The number of nitrogens with two attached hydrogens (primary N) is 1. The topological polar surface area (TPSA) is 67.1 Å². The molecule has 0 aliphatic rings. The third-order valence-corrected chi connectivity index (χ3v) is 2.35. The molecular weight excluding hydrogens is 214 g/mol. The van der Waals surface area contributed by atoms with Gasteiger partial charge in [0.1, 0.15) is 0 Å². The zero-order valence-corrected chi connectivity index (χ0v) is 9.88. The van der Waals surface area contributed by atoms with Crippen LogP contribution in [0.1, 0.15) is 0 Å². The van der Waals surface area contributed by atoms with Gasteiger partial charge in [0.2, 0.25) is 0 Å². The predicted molar refractivity (Wildman–Crippen MR) is 70.5 cm³/mol. The van der Waals surface area contributed by atoms with E-state index in [9.17, 15) is 0 Å². The molecule has 3 N–H and O–H groups in total. The van der Waals surface area contributed by atoms with Crippen molar-refractivity contribution in [2.24, 2.45) is 0 Å². The lowest BCUT2D eigenvalue weighted by Crippen LogP contribution is -2.08. The number of rotatable bonds is 3. The molecule has 1 aromatic carbocycles. The number of hydrogen-bond acceptors (Lipinski definition) is 5. The van der Waals surface area contributed by atoms with Gasteiger partial charge in [-0.15, -0.1) is 0 Å². The van der Waals surface area contributed by atoms with Crippen LogP contribution in [0.2, 0.25) is 0 Å². The second kappa shape index (κ2) is 4.69. The Morgan fingerprint density at radius 3 is 2.65 bits per heavy atom. The lowest BCUT2D eigenvalue weighted by atomic mass is 10.2. The van der Waals surface area contributed by atoms with Gasteiger partial charge in [-0.2, -0.15) is 0 Å². The summed E-state index contributed by atoms with van der Waals surface area (Å²) in [7, 11) is 3.99. The van der Waals surface area contributed by atoms with Crippen LogP contribution in [0.4, 0.5) is 23.0 Å². The van der Waals surface area contributed by atoms with Gasteiger partial charge in [0, 0.05) is 37.9 Å². The zero-order valence-electron chi connectivity index (χ0n) is 9.88. The fraction of sp³-hybridized carbons (Fsp3) is 0.167. The van der Waals surface area contributed by atoms with E-state index in [0.29, 0.717) is 11.6 Å². The van der Waals surface area contributed by atoms with Gasteiger partial charge in [-0.1, -0.05) is 6.07 Å². The highest BCUT2D eigenvalue weighted by Crippen LogP contribution is 2.22. The molecule has 88 valence electrons. The number of hydrogen-bond donors (Lipinski definition) is 2. The van der Waals surface area contributed by atoms with E-state index in [1.54, 1.807) is 12.4 Å². The van der Waals surface area contributed by atoms with Crippen LogP contribution in [0, 0.1) is 0 Å². The highest BCUT2D eigenvalue weighted by atomic mass is 15.1. The number of nitrogens with zero attached hydrogens (tertiary/aromatic N) is 3. The standard InChI is InChI=1S/C12H15N5/c1-17(2)10-5-3-4-9(8-10)16-12-11(13)14-6-7-15-12/h3-8H,1-2H3,(H2,13,14)(H,15,16). The first-order valence-corrected chi connectivity index (χ1v) is 5.28. The van der Waals surface area contributed by atoms with Crippen molar-refractivity contribution in [1.29, 1.82) is 0 Å². The number of benzene rings is 1. The molecule has 0 spiro atoms. The molecule has 0 saturated carbocycles. The van der Waals surface area contributed by atoms with Crippen molar-refractivity contribution in [3.63, 3.8) is 0 Å². The summed E-state index contributed by atoms with van der Waals surface area (Å²) in [5.74, 6) is 0.964. The van der Waals surface area contributed by atoms with Crippen LogP contribution in [0.15, 0.2) is 36.7 Å². The normalized spacial score (nSPS) is 10.0. The van der Waals surface area contributed by atoms with Gasteiger partial charge in [0.25, 0.3) is 0 Å². The third-order valence-electron chi connectivity index (χ3n) is 2.35. The van der Waals surface area contributed by atoms with Crippen LogP contribution in [0.3, 0.4) is 0 Å². The summed E-state index contributed by atoms with van der Waals surface area (Å²) in [4.78, 5) is 10.1. The number of anilines is 4. The minimum absolute atomic E-state index is 0.391. The van der Waals surface area contributed by atoms with Gasteiger partial charge in [-0.05, 0) is 18.2 Å². The summed E-state index contributed by atoms with van der Waals surface area (Å²) in [5, 5.41) is 3.14.